The second-order valence-electron chi connectivity index (χ2n) is 3.14. The normalized spacial score (nSPS) is 13.3. The Hall–Kier alpha value is -1.60. The number of nitrogens with zero attached hydrogens (tertiary/aromatic N) is 1. The van der Waals surface area contributed by atoms with Gasteiger partial charge in [-0.05, 0) is 19.1 Å². The van der Waals surface area contributed by atoms with Crippen molar-refractivity contribution in [2.75, 3.05) is 12.4 Å². The Kier molecular flexibility index (Phi) is 2.57. The summed E-state index contributed by atoms with van der Waals surface area (Å²) in [7, 11) is 1.65. The van der Waals surface area contributed by atoms with Gasteiger partial charge in [0.25, 0.3) is 0 Å². The molecular formula is C11H10N2OS. The summed E-state index contributed by atoms with van der Waals surface area (Å²) in [6, 6.07) is 6.01. The average Bonchev–Trinajstić information content (AvgIpc) is 2.29. The lowest BCUT2D eigenvalue weighted by molar-refractivity contribution is 0.410. The fourth-order valence-electron chi connectivity index (χ4n) is 1.48. The summed E-state index contributed by atoms with van der Waals surface area (Å²) in [5.41, 5.74) is 2.09. The predicted molar refractivity (Wildman–Crippen MR) is 60.9 cm³/mol. The number of rotatable bonds is 1. The summed E-state index contributed by atoms with van der Waals surface area (Å²) in [5, 5.41) is 11.9. The van der Waals surface area contributed by atoms with E-state index in [1.807, 2.05) is 19.1 Å². The minimum Gasteiger partial charge on any atom is -0.496 e. The van der Waals surface area contributed by atoms with Crippen molar-refractivity contribution in [2.45, 2.75) is 11.8 Å². The Morgan fingerprint density at radius 1 is 1.47 bits per heavy atom. The van der Waals surface area contributed by atoms with Gasteiger partial charge in [-0.25, -0.2) is 0 Å². The van der Waals surface area contributed by atoms with E-state index in [9.17, 15) is 0 Å². The molecule has 1 aromatic carbocycles. The van der Waals surface area contributed by atoms with E-state index >= 15 is 0 Å². The van der Waals surface area contributed by atoms with Gasteiger partial charge in [0.2, 0.25) is 0 Å². The number of hydrogen-bond acceptors (Lipinski definition) is 4. The van der Waals surface area contributed by atoms with Crippen molar-refractivity contribution in [3.05, 3.63) is 28.8 Å². The van der Waals surface area contributed by atoms with Gasteiger partial charge in [-0.15, -0.1) is 0 Å². The van der Waals surface area contributed by atoms with Gasteiger partial charge < -0.3 is 10.1 Å². The second kappa shape index (κ2) is 3.87. The summed E-state index contributed by atoms with van der Waals surface area (Å²) in [4.78, 5) is 1.73. The first-order chi connectivity index (χ1) is 7.26. The van der Waals surface area contributed by atoms with Crippen LogP contribution in [0.25, 0.3) is 0 Å². The molecule has 15 heavy (non-hydrogen) atoms. The van der Waals surface area contributed by atoms with Crippen LogP contribution in [0.4, 0.5) is 5.69 Å². The molecule has 0 aliphatic carbocycles. The number of fused-ring (bicyclic) bond motifs is 1. The monoisotopic (exact) mass is 218 g/mol. The molecule has 0 unspecified atom stereocenters. The number of nitrogens with one attached hydrogen (secondary N) is 1. The van der Waals surface area contributed by atoms with Crippen LogP contribution in [0.5, 0.6) is 5.75 Å². The third-order valence-electron chi connectivity index (χ3n) is 2.26. The van der Waals surface area contributed by atoms with E-state index in [0.29, 0.717) is 4.91 Å². The number of thioether (sulfide) groups is 1. The molecule has 0 radical (unpaired) electrons. The Morgan fingerprint density at radius 2 is 2.27 bits per heavy atom. The first-order valence-electron chi connectivity index (χ1n) is 4.48. The molecule has 0 saturated carbocycles. The largest absolute Gasteiger partial charge is 0.496 e. The minimum absolute atomic E-state index is 0.666. The maximum Gasteiger partial charge on any atom is 0.123 e. The lowest BCUT2D eigenvalue weighted by Gasteiger charge is -2.18. The topological polar surface area (TPSA) is 45.0 Å². The zero-order chi connectivity index (χ0) is 10.8. The van der Waals surface area contributed by atoms with Crippen molar-refractivity contribution in [1.82, 2.24) is 0 Å². The number of methoxy groups -OCH3 is 1. The molecule has 1 heterocycles. The molecule has 4 heteroatoms. The summed E-state index contributed by atoms with van der Waals surface area (Å²) in [6.45, 7) is 1.99. The third kappa shape index (κ3) is 1.66. The fourth-order valence-corrected chi connectivity index (χ4v) is 2.35. The number of benzene rings is 1. The highest BCUT2D eigenvalue weighted by atomic mass is 32.2. The number of hydrogen-bond donors (Lipinski definition) is 1. The molecule has 1 N–H and O–H groups in total. The van der Waals surface area contributed by atoms with Crippen molar-refractivity contribution in [3.8, 4) is 11.8 Å². The number of nitriles is 1. The van der Waals surface area contributed by atoms with Gasteiger partial charge in [-0.2, -0.15) is 5.26 Å². The first kappa shape index (κ1) is 9.94. The van der Waals surface area contributed by atoms with Crippen molar-refractivity contribution >= 4 is 17.4 Å². The van der Waals surface area contributed by atoms with Gasteiger partial charge in [0.05, 0.1) is 12.8 Å². The number of ether oxygens (including phenoxy) is 1. The highest BCUT2D eigenvalue weighted by Gasteiger charge is 2.16. The van der Waals surface area contributed by atoms with Crippen LogP contribution in [0.3, 0.4) is 0 Å². The van der Waals surface area contributed by atoms with E-state index in [0.717, 1.165) is 21.9 Å². The van der Waals surface area contributed by atoms with Gasteiger partial charge >= 0.3 is 0 Å². The maximum absolute atomic E-state index is 8.82. The Labute approximate surface area is 92.7 Å². The quantitative estimate of drug-likeness (QED) is 0.787. The molecule has 2 rings (SSSR count). The Morgan fingerprint density at radius 3 is 2.93 bits per heavy atom. The van der Waals surface area contributed by atoms with E-state index in [-0.39, 0.29) is 0 Å². The highest BCUT2D eigenvalue weighted by molar-refractivity contribution is 8.03. The van der Waals surface area contributed by atoms with Crippen LogP contribution in [0.15, 0.2) is 28.1 Å². The van der Waals surface area contributed by atoms with Crippen LogP contribution >= 0.6 is 11.8 Å². The second-order valence-corrected chi connectivity index (χ2v) is 4.19. The summed E-state index contributed by atoms with van der Waals surface area (Å²) < 4.78 is 5.24. The molecule has 3 nitrogen and oxygen atoms in total. The van der Waals surface area contributed by atoms with Crippen molar-refractivity contribution < 1.29 is 4.74 Å². The molecule has 0 fully saturated rings. The van der Waals surface area contributed by atoms with Gasteiger partial charge in [0.15, 0.2) is 0 Å². The Balaban J connectivity index is 2.48. The van der Waals surface area contributed by atoms with Gasteiger partial charge in [0, 0.05) is 16.7 Å². The standard InChI is InChI=1S/C11H10N2OS/c1-7-10(14-2)4-3-9-11(7)15-8(5-12)6-13-9/h3-4,6,13H,1-2H3. The van der Waals surface area contributed by atoms with Gasteiger partial charge in [-0.3, -0.25) is 0 Å². The van der Waals surface area contributed by atoms with Crippen molar-refractivity contribution in [1.29, 1.82) is 5.26 Å². The van der Waals surface area contributed by atoms with Crippen LogP contribution in [0.1, 0.15) is 5.56 Å². The van der Waals surface area contributed by atoms with Gasteiger partial charge in [0.1, 0.15) is 16.7 Å². The minimum atomic E-state index is 0.666. The van der Waals surface area contributed by atoms with Crippen molar-refractivity contribution in [2.24, 2.45) is 0 Å². The molecule has 0 atom stereocenters. The molecule has 76 valence electrons. The number of anilines is 1. The maximum atomic E-state index is 8.82. The van der Waals surface area contributed by atoms with Crippen LogP contribution in [-0.2, 0) is 0 Å². The van der Waals surface area contributed by atoms with Crippen LogP contribution < -0.4 is 10.1 Å². The summed E-state index contributed by atoms with van der Waals surface area (Å²) in [5.74, 6) is 0.849. The highest BCUT2D eigenvalue weighted by Crippen LogP contribution is 2.41. The molecule has 0 bridgehead atoms. The van der Waals surface area contributed by atoms with Crippen LogP contribution in [0, 0.1) is 18.3 Å². The lowest BCUT2D eigenvalue weighted by atomic mass is 10.2. The Bertz CT molecular complexity index is 474. The third-order valence-corrected chi connectivity index (χ3v) is 3.42. The van der Waals surface area contributed by atoms with E-state index in [1.54, 1.807) is 13.3 Å². The fraction of sp³-hybridized carbons (Fsp3) is 0.182. The molecule has 0 spiro atoms. The van der Waals surface area contributed by atoms with Crippen LogP contribution in [-0.4, -0.2) is 7.11 Å². The van der Waals surface area contributed by atoms with E-state index in [1.165, 1.54) is 11.8 Å². The van der Waals surface area contributed by atoms with Crippen LogP contribution in [0.2, 0.25) is 0 Å². The zero-order valence-electron chi connectivity index (χ0n) is 8.50. The zero-order valence-corrected chi connectivity index (χ0v) is 9.31. The summed E-state index contributed by atoms with van der Waals surface area (Å²) in [6.07, 6.45) is 1.72. The molecule has 1 aromatic rings. The van der Waals surface area contributed by atoms with Crippen molar-refractivity contribution in [3.63, 3.8) is 0 Å². The molecule has 0 amide bonds. The van der Waals surface area contributed by atoms with E-state index < -0.39 is 0 Å². The van der Waals surface area contributed by atoms with Gasteiger partial charge in [-0.1, -0.05) is 11.8 Å². The summed E-state index contributed by atoms with van der Waals surface area (Å²) >= 11 is 1.47. The predicted octanol–water partition coefficient (Wildman–Crippen LogP) is 2.89. The number of allylic oxidation sites excluding steroid dienone is 1. The SMILES string of the molecule is COc1ccc2c(c1C)SC(C#N)=CN2. The lowest BCUT2D eigenvalue weighted by Crippen LogP contribution is -2.00. The van der Waals surface area contributed by atoms with E-state index in [2.05, 4.69) is 11.4 Å². The molecule has 1 aliphatic rings. The van der Waals surface area contributed by atoms with E-state index in [4.69, 9.17) is 10.00 Å². The molecule has 1 aliphatic heterocycles. The molecule has 0 aromatic heterocycles. The molecular weight excluding hydrogens is 208 g/mol. The smallest absolute Gasteiger partial charge is 0.123 e. The average molecular weight is 218 g/mol. The molecule has 0 saturated heterocycles. The first-order valence-corrected chi connectivity index (χ1v) is 5.30.